The van der Waals surface area contributed by atoms with Crippen LogP contribution in [0.15, 0.2) is 18.2 Å². The van der Waals surface area contributed by atoms with Gasteiger partial charge in [-0.3, -0.25) is 0 Å². The SMILES string of the molecule is CC1(C)CO[B-]2([NH2+]1)OCc1cc(F)ccc12. The minimum atomic E-state index is -1.46. The summed E-state index contributed by atoms with van der Waals surface area (Å²) in [6.07, 6.45) is 0. The van der Waals surface area contributed by atoms with E-state index in [1.165, 1.54) is 12.1 Å². The molecule has 86 valence electrons. The van der Waals surface area contributed by atoms with E-state index < -0.39 is 6.69 Å². The molecule has 0 bridgehead atoms. The van der Waals surface area contributed by atoms with Gasteiger partial charge in [0, 0.05) is 6.61 Å². The van der Waals surface area contributed by atoms with Crippen LogP contribution in [-0.2, 0) is 15.9 Å². The van der Waals surface area contributed by atoms with Gasteiger partial charge in [-0.25, -0.2) is 4.39 Å². The molecule has 2 aliphatic rings. The Morgan fingerprint density at radius 2 is 2.19 bits per heavy atom. The first-order valence-corrected chi connectivity index (χ1v) is 5.59. The van der Waals surface area contributed by atoms with Crippen molar-refractivity contribution in [2.45, 2.75) is 26.0 Å². The molecule has 0 aliphatic carbocycles. The zero-order valence-corrected chi connectivity index (χ0v) is 9.50. The third-order valence-corrected chi connectivity index (χ3v) is 3.40. The van der Waals surface area contributed by atoms with Crippen LogP contribution in [0.3, 0.4) is 0 Å². The first-order chi connectivity index (χ1) is 7.51. The van der Waals surface area contributed by atoms with Gasteiger partial charge in [-0.15, -0.1) is 0 Å². The smallest absolute Gasteiger partial charge is 0.500 e. The Labute approximate surface area is 93.9 Å². The molecule has 1 atom stereocenters. The fraction of sp³-hybridized carbons (Fsp3) is 0.455. The topological polar surface area (TPSA) is 35.1 Å². The average Bonchev–Trinajstić information content (AvgIpc) is 2.69. The van der Waals surface area contributed by atoms with E-state index in [1.54, 1.807) is 6.07 Å². The number of rotatable bonds is 0. The van der Waals surface area contributed by atoms with Crippen LogP contribution in [0.2, 0.25) is 0 Å². The molecule has 0 aromatic heterocycles. The standard InChI is InChI=1S/C11H15BFNO2/c1-11(2)7-16-12(14-11)10-4-3-9(13)5-8(10)6-15-12/h3-5H,6-7,14H2,1-2H3. The molecular weight excluding hydrogens is 208 g/mol. The van der Waals surface area contributed by atoms with Gasteiger partial charge in [-0.05, 0) is 31.5 Å². The maximum atomic E-state index is 13.1. The van der Waals surface area contributed by atoms with Crippen LogP contribution in [-0.4, -0.2) is 18.8 Å². The number of nitrogens with two attached hydrogens (primary N) is 1. The number of benzene rings is 1. The molecule has 1 spiro atoms. The zero-order chi connectivity index (χ0) is 11.4. The lowest BCUT2D eigenvalue weighted by Crippen LogP contribution is -3.07. The molecule has 2 heterocycles. The summed E-state index contributed by atoms with van der Waals surface area (Å²) in [6, 6.07) is 4.80. The molecular formula is C11H15BFNO2. The van der Waals surface area contributed by atoms with Crippen molar-refractivity contribution in [2.24, 2.45) is 0 Å². The highest BCUT2D eigenvalue weighted by Gasteiger charge is 2.52. The van der Waals surface area contributed by atoms with Crippen LogP contribution < -0.4 is 10.7 Å². The van der Waals surface area contributed by atoms with Crippen molar-refractivity contribution >= 4 is 12.1 Å². The number of quaternary nitrogens is 1. The predicted octanol–water partition coefficient (Wildman–Crippen LogP) is -0.126. The molecule has 0 amide bonds. The van der Waals surface area contributed by atoms with Crippen LogP contribution in [0.25, 0.3) is 0 Å². The molecule has 1 fully saturated rings. The highest BCUT2D eigenvalue weighted by atomic mass is 19.1. The third kappa shape index (κ3) is 1.39. The van der Waals surface area contributed by atoms with Crippen molar-refractivity contribution in [3.63, 3.8) is 0 Å². The van der Waals surface area contributed by atoms with E-state index in [0.717, 1.165) is 11.0 Å². The van der Waals surface area contributed by atoms with E-state index in [9.17, 15) is 4.39 Å². The van der Waals surface area contributed by atoms with E-state index in [1.807, 2.05) is 0 Å². The first kappa shape index (κ1) is 10.3. The molecule has 0 radical (unpaired) electrons. The summed E-state index contributed by atoms with van der Waals surface area (Å²) < 4.78 is 24.7. The monoisotopic (exact) mass is 223 g/mol. The van der Waals surface area contributed by atoms with Crippen molar-refractivity contribution < 1.29 is 18.9 Å². The van der Waals surface area contributed by atoms with Gasteiger partial charge in [-0.2, -0.15) is 0 Å². The van der Waals surface area contributed by atoms with Crippen molar-refractivity contribution in [1.29, 1.82) is 0 Å². The molecule has 2 aliphatic heterocycles. The predicted molar refractivity (Wildman–Crippen MR) is 58.5 cm³/mol. The molecule has 1 aromatic rings. The summed E-state index contributed by atoms with van der Waals surface area (Å²) in [7, 11) is 0. The Kier molecular flexibility index (Phi) is 1.96. The van der Waals surface area contributed by atoms with Gasteiger partial charge < -0.3 is 14.5 Å². The highest BCUT2D eigenvalue weighted by molar-refractivity contribution is 6.74. The van der Waals surface area contributed by atoms with Gasteiger partial charge in [0.05, 0.1) is 12.1 Å². The largest absolute Gasteiger partial charge is 0.506 e. The van der Waals surface area contributed by atoms with E-state index in [4.69, 9.17) is 9.31 Å². The summed E-state index contributed by atoms with van der Waals surface area (Å²) in [5, 5.41) is 2.14. The van der Waals surface area contributed by atoms with Crippen molar-refractivity contribution in [3.05, 3.63) is 29.6 Å². The second kappa shape index (κ2) is 3.06. The molecule has 3 rings (SSSR count). The van der Waals surface area contributed by atoms with E-state index in [2.05, 4.69) is 19.1 Å². The summed E-state index contributed by atoms with van der Waals surface area (Å²) in [4.78, 5) is 0. The van der Waals surface area contributed by atoms with Gasteiger partial charge in [-0.1, -0.05) is 11.5 Å². The maximum absolute atomic E-state index is 13.1. The zero-order valence-electron chi connectivity index (χ0n) is 9.50. The second-order valence-electron chi connectivity index (χ2n) is 5.39. The van der Waals surface area contributed by atoms with Crippen molar-refractivity contribution in [3.8, 4) is 0 Å². The summed E-state index contributed by atoms with van der Waals surface area (Å²) in [5.41, 5.74) is 1.94. The quantitative estimate of drug-likeness (QED) is 0.622. The molecule has 2 N–H and O–H groups in total. The van der Waals surface area contributed by atoms with E-state index in [0.29, 0.717) is 13.2 Å². The first-order valence-electron chi connectivity index (χ1n) is 5.59. The second-order valence-corrected chi connectivity index (χ2v) is 5.39. The van der Waals surface area contributed by atoms with Crippen LogP contribution >= 0.6 is 0 Å². The van der Waals surface area contributed by atoms with E-state index >= 15 is 0 Å². The van der Waals surface area contributed by atoms with Crippen LogP contribution in [0.1, 0.15) is 19.4 Å². The lowest BCUT2D eigenvalue weighted by molar-refractivity contribution is -0.605. The Balaban J connectivity index is 2.03. The molecule has 0 saturated carbocycles. The summed E-state index contributed by atoms with van der Waals surface area (Å²) in [6.45, 7) is 3.88. The van der Waals surface area contributed by atoms with Gasteiger partial charge in [0.1, 0.15) is 5.82 Å². The average molecular weight is 223 g/mol. The number of hydrogen-bond donors (Lipinski definition) is 1. The summed E-state index contributed by atoms with van der Waals surface area (Å²) >= 11 is 0. The molecule has 1 saturated heterocycles. The fourth-order valence-corrected chi connectivity index (χ4v) is 2.70. The lowest BCUT2D eigenvalue weighted by atomic mass is 9.64. The Bertz CT molecular complexity index is 452. The Hall–Kier alpha value is -0.905. The van der Waals surface area contributed by atoms with Gasteiger partial charge in [0.15, 0.2) is 0 Å². The number of halogens is 1. The number of hydrogen-bond acceptors (Lipinski definition) is 2. The molecule has 1 aromatic carbocycles. The minimum Gasteiger partial charge on any atom is -0.506 e. The van der Waals surface area contributed by atoms with Gasteiger partial charge in [0.2, 0.25) is 0 Å². The molecule has 1 unspecified atom stereocenters. The van der Waals surface area contributed by atoms with Crippen LogP contribution in [0.5, 0.6) is 0 Å². The van der Waals surface area contributed by atoms with Gasteiger partial charge in [0.25, 0.3) is 0 Å². The fourth-order valence-electron chi connectivity index (χ4n) is 2.70. The normalized spacial score (nSPS) is 30.9. The van der Waals surface area contributed by atoms with Crippen LogP contribution in [0, 0.1) is 5.82 Å². The van der Waals surface area contributed by atoms with Crippen molar-refractivity contribution in [2.75, 3.05) is 6.61 Å². The van der Waals surface area contributed by atoms with Crippen molar-refractivity contribution in [1.82, 2.24) is 0 Å². The summed E-state index contributed by atoms with van der Waals surface area (Å²) in [5.74, 6) is -0.215. The molecule has 3 nitrogen and oxygen atoms in total. The number of fused-ring (bicyclic) bond motifs is 2. The maximum Gasteiger partial charge on any atom is 0.500 e. The molecule has 5 heteroatoms. The Morgan fingerprint density at radius 1 is 1.38 bits per heavy atom. The molecule has 16 heavy (non-hydrogen) atoms. The lowest BCUT2D eigenvalue weighted by Gasteiger charge is -2.27. The minimum absolute atomic E-state index is 0.0238. The van der Waals surface area contributed by atoms with E-state index in [-0.39, 0.29) is 11.4 Å². The third-order valence-electron chi connectivity index (χ3n) is 3.40. The highest BCUT2D eigenvalue weighted by Crippen LogP contribution is 2.21. The van der Waals surface area contributed by atoms with Crippen LogP contribution in [0.4, 0.5) is 4.39 Å². The van der Waals surface area contributed by atoms with Gasteiger partial charge >= 0.3 is 6.69 Å². The Morgan fingerprint density at radius 3 is 2.88 bits per heavy atom.